The predicted molar refractivity (Wildman–Crippen MR) is 101 cm³/mol. The smallest absolute Gasteiger partial charge is 0.302 e. The number of rotatable bonds is 2. The molecule has 0 aromatic heterocycles. The average molecular weight is 373 g/mol. The highest BCUT2D eigenvalue weighted by Gasteiger charge is 2.79. The molecule has 0 bridgehead atoms. The molecule has 1 aliphatic heterocycles. The van der Waals surface area contributed by atoms with Crippen LogP contribution in [0.1, 0.15) is 72.6 Å². The molecular weight excluding hydrogens is 340 g/mol. The van der Waals surface area contributed by atoms with Gasteiger partial charge in [-0.05, 0) is 68.6 Å². The third-order valence-corrected chi connectivity index (χ3v) is 9.34. The molecule has 1 heterocycles. The lowest BCUT2D eigenvalue weighted by molar-refractivity contribution is -0.149. The van der Waals surface area contributed by atoms with Crippen molar-refractivity contribution in [3.8, 4) is 0 Å². The van der Waals surface area contributed by atoms with Crippen molar-refractivity contribution in [2.45, 2.75) is 90.4 Å². The Morgan fingerprint density at radius 2 is 1.93 bits per heavy atom. The van der Waals surface area contributed by atoms with Gasteiger partial charge in [-0.15, -0.1) is 0 Å². The van der Waals surface area contributed by atoms with Crippen LogP contribution in [0.3, 0.4) is 0 Å². The number of hydrogen-bond acceptors (Lipinski definition) is 4. The van der Waals surface area contributed by atoms with Gasteiger partial charge in [0.1, 0.15) is 6.10 Å². The molecule has 0 N–H and O–H groups in total. The van der Waals surface area contributed by atoms with Crippen LogP contribution in [0, 0.1) is 28.6 Å². The highest BCUT2D eigenvalue weighted by molar-refractivity contribution is 5.90. The summed E-state index contributed by atoms with van der Waals surface area (Å²) in [6.45, 7) is 8.03. The van der Waals surface area contributed by atoms with Gasteiger partial charge in [-0.1, -0.05) is 25.5 Å². The number of hydrogen-bond donors (Lipinski definition) is 0. The van der Waals surface area contributed by atoms with Gasteiger partial charge >= 0.3 is 5.97 Å². The first-order chi connectivity index (χ1) is 12.7. The maximum absolute atomic E-state index is 12.5. The highest BCUT2D eigenvalue weighted by atomic mass is 16.6. The molecular formula is C23H32O4. The van der Waals surface area contributed by atoms with Gasteiger partial charge in [0.15, 0.2) is 11.4 Å². The second kappa shape index (κ2) is 5.46. The number of ether oxygens (including phenoxy) is 2. The molecule has 148 valence electrons. The van der Waals surface area contributed by atoms with E-state index in [9.17, 15) is 9.59 Å². The molecule has 4 unspecified atom stereocenters. The maximum Gasteiger partial charge on any atom is 0.302 e. The van der Waals surface area contributed by atoms with Gasteiger partial charge in [0.2, 0.25) is 0 Å². The van der Waals surface area contributed by atoms with Crippen LogP contribution in [0.5, 0.6) is 0 Å². The van der Waals surface area contributed by atoms with Crippen molar-refractivity contribution in [2.75, 3.05) is 0 Å². The Morgan fingerprint density at radius 1 is 1.15 bits per heavy atom. The highest BCUT2D eigenvalue weighted by Crippen LogP contribution is 2.73. The molecule has 0 radical (unpaired) electrons. The van der Waals surface area contributed by atoms with E-state index < -0.39 is 5.60 Å². The van der Waals surface area contributed by atoms with Crippen molar-refractivity contribution in [1.82, 2.24) is 0 Å². The lowest BCUT2D eigenvalue weighted by Gasteiger charge is -2.58. The molecule has 0 aromatic carbocycles. The summed E-state index contributed by atoms with van der Waals surface area (Å²) in [5.74, 6) is 2.03. The summed E-state index contributed by atoms with van der Waals surface area (Å²) >= 11 is 0. The fraction of sp³-hybridized carbons (Fsp3) is 0.826. The van der Waals surface area contributed by atoms with E-state index in [0.29, 0.717) is 17.8 Å². The molecule has 5 aliphatic rings. The Kier molecular flexibility index (Phi) is 3.62. The molecule has 4 nitrogen and oxygen atoms in total. The minimum atomic E-state index is -0.472. The minimum Gasteiger partial charge on any atom is -0.462 e. The molecule has 8 atom stereocenters. The zero-order chi connectivity index (χ0) is 19.2. The SMILES string of the molecule is CC(=O)OC1CC[C@@]2(C)C(=CCC3C2CC[C@@]2(C)C3C[C@H]3O[C@]32C(C)=O)C1. The number of Topliss-reactive ketones (excluding diaryl/α,β-unsaturated/α-hetero) is 1. The number of carbonyl (C=O) groups excluding carboxylic acids is 2. The quantitative estimate of drug-likeness (QED) is 0.414. The van der Waals surface area contributed by atoms with Crippen LogP contribution in [-0.4, -0.2) is 29.6 Å². The van der Waals surface area contributed by atoms with Crippen molar-refractivity contribution >= 4 is 11.8 Å². The second-order valence-corrected chi connectivity index (χ2v) is 10.3. The van der Waals surface area contributed by atoms with Gasteiger partial charge in [-0.25, -0.2) is 0 Å². The van der Waals surface area contributed by atoms with Gasteiger partial charge in [-0.3, -0.25) is 9.59 Å². The van der Waals surface area contributed by atoms with E-state index >= 15 is 0 Å². The minimum absolute atomic E-state index is 0.0152. The number of epoxide rings is 1. The van der Waals surface area contributed by atoms with Crippen LogP contribution >= 0.6 is 0 Å². The molecule has 0 aromatic rings. The maximum atomic E-state index is 12.5. The third-order valence-electron chi connectivity index (χ3n) is 9.34. The second-order valence-electron chi connectivity index (χ2n) is 10.3. The van der Waals surface area contributed by atoms with E-state index in [0.717, 1.165) is 38.5 Å². The molecule has 1 saturated heterocycles. The molecule has 4 fully saturated rings. The first-order valence-corrected chi connectivity index (χ1v) is 10.8. The first kappa shape index (κ1) is 17.9. The van der Waals surface area contributed by atoms with E-state index in [1.807, 2.05) is 0 Å². The number of allylic oxidation sites excluding steroid dienone is 1. The Hall–Kier alpha value is -1.16. The van der Waals surface area contributed by atoms with E-state index in [4.69, 9.17) is 9.47 Å². The Bertz CT molecular complexity index is 741. The zero-order valence-corrected chi connectivity index (χ0v) is 17.0. The molecule has 5 rings (SSSR count). The molecule has 27 heavy (non-hydrogen) atoms. The topological polar surface area (TPSA) is 55.9 Å². The lowest BCUT2D eigenvalue weighted by Crippen LogP contribution is -2.54. The van der Waals surface area contributed by atoms with Crippen LogP contribution in [-0.2, 0) is 19.1 Å². The Labute approximate surface area is 162 Å². The fourth-order valence-electron chi connectivity index (χ4n) is 8.03. The van der Waals surface area contributed by atoms with Crippen molar-refractivity contribution in [3.05, 3.63) is 11.6 Å². The number of esters is 1. The van der Waals surface area contributed by atoms with Gasteiger partial charge in [-0.2, -0.15) is 0 Å². The largest absolute Gasteiger partial charge is 0.462 e. The van der Waals surface area contributed by atoms with E-state index in [1.54, 1.807) is 6.92 Å². The van der Waals surface area contributed by atoms with Crippen LogP contribution in [0.25, 0.3) is 0 Å². The van der Waals surface area contributed by atoms with Gasteiger partial charge in [0, 0.05) is 18.8 Å². The standard InChI is InChI=1S/C23H32O4/c1-13(24)23-20(27-23)12-19-17-6-5-15-11-16(26-14(2)25)7-9-21(15,3)18(17)8-10-22(19,23)4/h5,16-20H,6-12H2,1-4H3/t16?,17?,18?,19?,20-,21+,22+,23-/m1/s1. The summed E-state index contributed by atoms with van der Waals surface area (Å²) in [6.07, 6.45) is 10.1. The summed E-state index contributed by atoms with van der Waals surface area (Å²) in [5.41, 5.74) is 1.30. The van der Waals surface area contributed by atoms with Gasteiger partial charge in [0.25, 0.3) is 0 Å². The number of fused-ring (bicyclic) bond motifs is 7. The lowest BCUT2D eigenvalue weighted by atomic mass is 9.47. The van der Waals surface area contributed by atoms with Crippen LogP contribution in [0.4, 0.5) is 0 Å². The van der Waals surface area contributed by atoms with E-state index in [-0.39, 0.29) is 34.8 Å². The Balaban J connectivity index is 1.43. The summed E-state index contributed by atoms with van der Waals surface area (Å²) < 4.78 is 11.6. The van der Waals surface area contributed by atoms with Gasteiger partial charge in [0.05, 0.1) is 6.10 Å². The van der Waals surface area contributed by atoms with Crippen molar-refractivity contribution in [1.29, 1.82) is 0 Å². The monoisotopic (exact) mass is 372 g/mol. The fourth-order valence-corrected chi connectivity index (χ4v) is 8.03. The van der Waals surface area contributed by atoms with E-state index in [2.05, 4.69) is 19.9 Å². The number of carbonyl (C=O) groups is 2. The van der Waals surface area contributed by atoms with Crippen LogP contribution in [0.2, 0.25) is 0 Å². The first-order valence-electron chi connectivity index (χ1n) is 10.8. The predicted octanol–water partition coefficient (Wildman–Crippen LogP) is 4.22. The molecule has 4 aliphatic carbocycles. The molecule has 0 spiro atoms. The van der Waals surface area contributed by atoms with Gasteiger partial charge < -0.3 is 9.47 Å². The summed E-state index contributed by atoms with van der Waals surface area (Å²) in [5, 5.41) is 0. The summed E-state index contributed by atoms with van der Waals surface area (Å²) in [7, 11) is 0. The Morgan fingerprint density at radius 3 is 2.63 bits per heavy atom. The molecule has 0 amide bonds. The number of ketones is 1. The molecule has 4 heteroatoms. The van der Waals surface area contributed by atoms with E-state index in [1.165, 1.54) is 18.9 Å². The third kappa shape index (κ3) is 2.14. The summed E-state index contributed by atoms with van der Waals surface area (Å²) in [6, 6.07) is 0. The van der Waals surface area contributed by atoms with Crippen LogP contribution < -0.4 is 0 Å². The van der Waals surface area contributed by atoms with Crippen LogP contribution in [0.15, 0.2) is 11.6 Å². The summed E-state index contributed by atoms with van der Waals surface area (Å²) in [4.78, 5) is 23.8. The zero-order valence-electron chi connectivity index (χ0n) is 17.0. The van der Waals surface area contributed by atoms with Crippen molar-refractivity contribution < 1.29 is 19.1 Å². The molecule has 3 saturated carbocycles. The van der Waals surface area contributed by atoms with Crippen molar-refractivity contribution in [3.63, 3.8) is 0 Å². The van der Waals surface area contributed by atoms with Crippen molar-refractivity contribution in [2.24, 2.45) is 28.6 Å². The normalized spacial score (nSPS) is 52.6. The average Bonchev–Trinajstić information content (AvgIpc) is 3.27.